The molecule has 14 heteroatoms. The van der Waals surface area contributed by atoms with Gasteiger partial charge in [-0.1, -0.05) is 53.7 Å². The number of nitrogens with one attached hydrogen (secondary N) is 1. The third kappa shape index (κ3) is 4.91. The van der Waals surface area contributed by atoms with Crippen LogP contribution in [0.4, 0.5) is 5.13 Å². The fraction of sp³-hybridized carbons (Fsp3) is 0.179. The Morgan fingerprint density at radius 2 is 1.90 bits per heavy atom. The van der Waals surface area contributed by atoms with Gasteiger partial charge >= 0.3 is 5.97 Å². The highest BCUT2D eigenvalue weighted by atomic mass is 32.2. The molecule has 4 aromatic rings. The van der Waals surface area contributed by atoms with Crippen molar-refractivity contribution in [2.24, 2.45) is 5.16 Å². The number of methoxy groups -OCH3 is 1. The maximum atomic E-state index is 13.9. The summed E-state index contributed by atoms with van der Waals surface area (Å²) in [7, 11) is 1.43. The van der Waals surface area contributed by atoms with Crippen molar-refractivity contribution in [2.75, 3.05) is 18.6 Å². The lowest BCUT2D eigenvalue weighted by Crippen LogP contribution is -2.71. The van der Waals surface area contributed by atoms with E-state index in [2.05, 4.69) is 15.5 Å². The quantitative estimate of drug-likeness (QED) is 0.0665. The number of hydrogen-bond donors (Lipinski definition) is 3. The molecule has 2 aromatic heterocycles. The van der Waals surface area contributed by atoms with Crippen molar-refractivity contribution in [1.29, 1.82) is 0 Å². The summed E-state index contributed by atoms with van der Waals surface area (Å²) in [6.07, 6.45) is -1.000. The van der Waals surface area contributed by atoms with Crippen LogP contribution >= 0.6 is 34.4 Å². The minimum absolute atomic E-state index is 0.0831. The second-order valence-electron chi connectivity index (χ2n) is 9.24. The molecule has 1 saturated heterocycles. The van der Waals surface area contributed by atoms with Crippen LogP contribution in [0.1, 0.15) is 23.1 Å². The molecule has 4 heterocycles. The molecule has 2 aliphatic heterocycles. The Balaban J connectivity index is 1.33. The largest absolute Gasteiger partial charge is 0.427 e. The van der Waals surface area contributed by atoms with Crippen molar-refractivity contribution in [1.82, 2.24) is 15.2 Å². The van der Waals surface area contributed by atoms with Gasteiger partial charge < -0.3 is 25.7 Å². The molecule has 2 aromatic carbocycles. The Kier molecular flexibility index (Phi) is 7.68. The van der Waals surface area contributed by atoms with Gasteiger partial charge in [0.25, 0.3) is 11.8 Å². The molecule has 0 aliphatic carbocycles. The lowest BCUT2D eigenvalue weighted by Gasteiger charge is -2.49. The van der Waals surface area contributed by atoms with E-state index in [1.165, 1.54) is 29.2 Å². The van der Waals surface area contributed by atoms with Gasteiger partial charge in [-0.15, -0.1) is 34.4 Å². The number of amides is 2. The summed E-state index contributed by atoms with van der Waals surface area (Å²) in [5, 5.41) is 19.2. The van der Waals surface area contributed by atoms with Crippen molar-refractivity contribution >= 4 is 78.7 Å². The minimum atomic E-state index is -1.000. The smallest absolute Gasteiger partial charge is 0.358 e. The summed E-state index contributed by atoms with van der Waals surface area (Å²) in [6.45, 7) is 0. The van der Waals surface area contributed by atoms with E-state index < -0.39 is 35.5 Å². The average molecular weight is 622 g/mol. The van der Waals surface area contributed by atoms with E-state index in [9.17, 15) is 19.6 Å². The lowest BCUT2D eigenvalue weighted by molar-refractivity contribution is -0.175. The first-order chi connectivity index (χ1) is 20.4. The van der Waals surface area contributed by atoms with E-state index >= 15 is 0 Å². The number of fused-ring (bicyclic) bond motifs is 2. The highest BCUT2D eigenvalue weighted by Crippen LogP contribution is 2.46. The highest BCUT2D eigenvalue weighted by Gasteiger charge is 2.55. The van der Waals surface area contributed by atoms with E-state index in [1.54, 1.807) is 35.6 Å². The summed E-state index contributed by atoms with van der Waals surface area (Å²) in [6, 6.07) is 15.9. The van der Waals surface area contributed by atoms with Gasteiger partial charge in [0, 0.05) is 39.5 Å². The number of hydrogen-bond acceptors (Lipinski definition) is 12. The lowest BCUT2D eigenvalue weighted by atomic mass is 9.98. The van der Waals surface area contributed by atoms with Crippen LogP contribution in [0.15, 0.2) is 76.2 Å². The average Bonchev–Trinajstić information content (AvgIpc) is 3.64. The molecule has 0 spiro atoms. The number of carbonyl (C=O) groups is 3. The third-order valence-electron chi connectivity index (χ3n) is 6.83. The topological polar surface area (TPSA) is 156 Å². The number of benzene rings is 2. The zero-order valence-electron chi connectivity index (χ0n) is 21.9. The molecule has 0 saturated carbocycles. The number of thiophene rings is 1. The Labute approximate surface area is 251 Å². The van der Waals surface area contributed by atoms with Crippen LogP contribution in [0.2, 0.25) is 0 Å². The van der Waals surface area contributed by atoms with Gasteiger partial charge in [0.15, 0.2) is 10.8 Å². The summed E-state index contributed by atoms with van der Waals surface area (Å²) in [5.74, 6) is -1.66. The number of aromatic nitrogens is 1. The van der Waals surface area contributed by atoms with Crippen LogP contribution < -0.4 is 11.1 Å². The molecular formula is C28H23N5O6S3. The zero-order valence-corrected chi connectivity index (χ0v) is 24.4. The van der Waals surface area contributed by atoms with Crippen LogP contribution in [0.3, 0.4) is 0 Å². The Hall–Kier alpha value is -4.24. The first kappa shape index (κ1) is 27.9. The van der Waals surface area contributed by atoms with Gasteiger partial charge in [-0.3, -0.25) is 14.5 Å². The Bertz CT molecular complexity index is 1750. The number of oxime groups is 1. The molecule has 1 fully saturated rings. The standard InChI is InChI=1S/C28H23N5O6S3/c1-38-27(14-7-3-2-4-8-14)39-26(36)22-17(16-11-40-19-10-6-5-9-15(16)19)12-41-25-21(24(35)33(22)25)31-23(34)20(32-37)18-13-42-28(29)30-18/h2-11,13,21,25,27,37H,12H2,1H3,(H2,29,30)(H,31,34)/t21-,25+,27?/m1/s1. The molecule has 214 valence electrons. The fourth-order valence-corrected chi connectivity index (χ4v) is 7.75. The first-order valence-corrected chi connectivity index (χ1v) is 15.4. The Morgan fingerprint density at radius 3 is 2.62 bits per heavy atom. The number of thiazole rings is 1. The van der Waals surface area contributed by atoms with E-state index in [0.717, 1.165) is 27.0 Å². The highest BCUT2D eigenvalue weighted by molar-refractivity contribution is 8.00. The summed E-state index contributed by atoms with van der Waals surface area (Å²) >= 11 is 4.02. The number of nitrogens with two attached hydrogens (primary N) is 1. The minimum Gasteiger partial charge on any atom is -0.427 e. The van der Waals surface area contributed by atoms with Crippen molar-refractivity contribution in [3.05, 3.63) is 87.9 Å². The van der Waals surface area contributed by atoms with Crippen LogP contribution in [0, 0.1) is 0 Å². The number of anilines is 1. The molecule has 0 bridgehead atoms. The fourth-order valence-electron chi connectivity index (χ4n) is 4.86. The number of esters is 1. The molecule has 6 rings (SSSR count). The van der Waals surface area contributed by atoms with Crippen molar-refractivity contribution in [3.63, 3.8) is 0 Å². The molecule has 2 aliphatic rings. The van der Waals surface area contributed by atoms with Gasteiger partial charge in [0.05, 0.1) is 0 Å². The maximum absolute atomic E-state index is 13.9. The maximum Gasteiger partial charge on any atom is 0.358 e. The van der Waals surface area contributed by atoms with E-state index in [-0.39, 0.29) is 22.2 Å². The first-order valence-electron chi connectivity index (χ1n) is 12.6. The number of β-lactam (4-membered cyclic amide) rings is 1. The molecule has 2 amide bonds. The molecule has 3 atom stereocenters. The Morgan fingerprint density at radius 1 is 1.14 bits per heavy atom. The van der Waals surface area contributed by atoms with Gasteiger partial charge in [0.1, 0.15) is 22.8 Å². The number of ether oxygens (including phenoxy) is 2. The van der Waals surface area contributed by atoms with Crippen LogP contribution in [-0.4, -0.2) is 62.9 Å². The van der Waals surface area contributed by atoms with Gasteiger partial charge in [0.2, 0.25) is 6.29 Å². The van der Waals surface area contributed by atoms with E-state index in [4.69, 9.17) is 15.2 Å². The SMILES string of the molecule is COC(OC(=O)C1=C(c2csc3ccccc23)CS[C@H]2[C@H](NC(=O)C(=NO)c3csc(N)n3)C(=O)N12)c1ccccc1. The molecule has 1 unspecified atom stereocenters. The summed E-state index contributed by atoms with van der Waals surface area (Å²) < 4.78 is 12.3. The normalized spacial score (nSPS) is 19.3. The predicted molar refractivity (Wildman–Crippen MR) is 161 cm³/mol. The number of rotatable bonds is 8. The number of nitrogens with zero attached hydrogens (tertiary/aromatic N) is 3. The van der Waals surface area contributed by atoms with Crippen molar-refractivity contribution in [2.45, 2.75) is 17.7 Å². The molecule has 11 nitrogen and oxygen atoms in total. The van der Waals surface area contributed by atoms with Gasteiger partial charge in [-0.25, -0.2) is 9.78 Å². The van der Waals surface area contributed by atoms with Crippen LogP contribution in [0.5, 0.6) is 0 Å². The molecule has 4 N–H and O–H groups in total. The van der Waals surface area contributed by atoms with Crippen molar-refractivity contribution in [3.8, 4) is 0 Å². The van der Waals surface area contributed by atoms with Crippen LogP contribution in [-0.2, 0) is 23.9 Å². The van der Waals surface area contributed by atoms with E-state index in [1.807, 2.05) is 35.7 Å². The van der Waals surface area contributed by atoms with Gasteiger partial charge in [-0.05, 0) is 17.0 Å². The number of nitrogen functional groups attached to an aromatic ring is 1. The number of thioether (sulfide) groups is 1. The summed E-state index contributed by atoms with van der Waals surface area (Å²) in [5.41, 5.74) is 7.57. The summed E-state index contributed by atoms with van der Waals surface area (Å²) in [4.78, 5) is 45.8. The monoisotopic (exact) mass is 621 g/mol. The third-order valence-corrected chi connectivity index (χ3v) is 9.75. The second kappa shape index (κ2) is 11.6. The van der Waals surface area contributed by atoms with Crippen molar-refractivity contribution < 1.29 is 29.1 Å². The van der Waals surface area contributed by atoms with E-state index in [0.29, 0.717) is 16.9 Å². The zero-order chi connectivity index (χ0) is 29.4. The number of carbonyl (C=O) groups excluding carboxylic acids is 3. The van der Waals surface area contributed by atoms with Gasteiger partial charge in [-0.2, -0.15) is 0 Å². The predicted octanol–water partition coefficient (Wildman–Crippen LogP) is 3.82. The molecular weight excluding hydrogens is 599 g/mol. The molecule has 42 heavy (non-hydrogen) atoms. The molecule has 0 radical (unpaired) electrons. The van der Waals surface area contributed by atoms with Crippen LogP contribution in [0.25, 0.3) is 15.7 Å². The second-order valence-corrected chi connectivity index (χ2v) is 12.1.